The van der Waals surface area contributed by atoms with E-state index in [1.807, 2.05) is 43.3 Å². The van der Waals surface area contributed by atoms with Gasteiger partial charge in [0.25, 0.3) is 5.89 Å². The van der Waals surface area contributed by atoms with Gasteiger partial charge in [-0.15, -0.1) is 10.2 Å². The van der Waals surface area contributed by atoms with E-state index in [0.717, 1.165) is 22.1 Å². The first kappa shape index (κ1) is 11.8. The first-order valence-electron chi connectivity index (χ1n) is 6.55. The Kier molecular flexibility index (Phi) is 2.57. The van der Waals surface area contributed by atoms with E-state index >= 15 is 0 Å². The number of benzene rings is 1. The maximum absolute atomic E-state index is 5.82. The fraction of sp³-hybridized carbons (Fsp3) is 0.0625. The van der Waals surface area contributed by atoms with Gasteiger partial charge in [-0.25, -0.2) is 0 Å². The molecule has 0 fully saturated rings. The summed E-state index contributed by atoms with van der Waals surface area (Å²) < 4.78 is 11.5. The second-order valence-electron chi connectivity index (χ2n) is 4.71. The highest BCUT2D eigenvalue weighted by atomic mass is 16.4. The summed E-state index contributed by atoms with van der Waals surface area (Å²) in [5, 5.41) is 9.19. The van der Waals surface area contributed by atoms with Crippen molar-refractivity contribution in [1.82, 2.24) is 15.2 Å². The summed E-state index contributed by atoms with van der Waals surface area (Å²) in [6.45, 7) is 1.98. The Hall–Kier alpha value is -2.95. The summed E-state index contributed by atoms with van der Waals surface area (Å²) in [5.41, 5.74) is 2.59. The minimum absolute atomic E-state index is 0.377. The van der Waals surface area contributed by atoms with E-state index in [2.05, 4.69) is 15.2 Å². The van der Waals surface area contributed by atoms with Gasteiger partial charge >= 0.3 is 0 Å². The van der Waals surface area contributed by atoms with E-state index in [1.165, 1.54) is 0 Å². The highest BCUT2D eigenvalue weighted by Gasteiger charge is 2.18. The number of hydrogen-bond donors (Lipinski definition) is 0. The second kappa shape index (κ2) is 4.56. The standard InChI is InChI=1S/C16H11N3O2/c1-10-12-6-2-3-7-13(12)20-14(10)16-19-18-15(21-16)11-5-4-8-17-9-11/h2-9H,1H3. The van der Waals surface area contributed by atoms with Gasteiger partial charge in [0.05, 0.1) is 5.56 Å². The molecule has 102 valence electrons. The predicted octanol–water partition coefficient (Wildman–Crippen LogP) is 3.85. The fourth-order valence-corrected chi connectivity index (χ4v) is 2.30. The van der Waals surface area contributed by atoms with Crippen molar-refractivity contribution in [2.75, 3.05) is 0 Å². The topological polar surface area (TPSA) is 65.0 Å². The Morgan fingerprint density at radius 3 is 2.57 bits per heavy atom. The van der Waals surface area contributed by atoms with Crippen molar-refractivity contribution in [2.24, 2.45) is 0 Å². The number of aryl methyl sites for hydroxylation is 1. The minimum atomic E-state index is 0.377. The van der Waals surface area contributed by atoms with Gasteiger partial charge in [-0.2, -0.15) is 0 Å². The van der Waals surface area contributed by atoms with Crippen molar-refractivity contribution in [1.29, 1.82) is 0 Å². The normalized spacial score (nSPS) is 11.1. The first-order valence-corrected chi connectivity index (χ1v) is 6.55. The Morgan fingerprint density at radius 2 is 1.76 bits per heavy atom. The molecular weight excluding hydrogens is 266 g/mol. The van der Waals surface area contributed by atoms with Crippen LogP contribution in [0.15, 0.2) is 57.6 Å². The molecule has 0 spiro atoms. The van der Waals surface area contributed by atoms with Crippen molar-refractivity contribution in [3.05, 3.63) is 54.4 Å². The van der Waals surface area contributed by atoms with Crippen molar-refractivity contribution in [3.63, 3.8) is 0 Å². The average Bonchev–Trinajstić information content (AvgIpc) is 3.14. The van der Waals surface area contributed by atoms with Crippen molar-refractivity contribution in [3.8, 4) is 23.1 Å². The number of rotatable bonds is 2. The summed E-state index contributed by atoms with van der Waals surface area (Å²) in [6.07, 6.45) is 3.38. The van der Waals surface area contributed by atoms with E-state index in [-0.39, 0.29) is 0 Å². The van der Waals surface area contributed by atoms with E-state index in [0.29, 0.717) is 17.5 Å². The molecule has 5 nitrogen and oxygen atoms in total. The van der Waals surface area contributed by atoms with Crippen LogP contribution in [0.1, 0.15) is 5.56 Å². The quantitative estimate of drug-likeness (QED) is 0.556. The van der Waals surface area contributed by atoms with E-state index in [4.69, 9.17) is 8.83 Å². The van der Waals surface area contributed by atoms with Gasteiger partial charge in [-0.05, 0) is 25.1 Å². The predicted molar refractivity (Wildman–Crippen MR) is 77.5 cm³/mol. The molecule has 0 aliphatic carbocycles. The van der Waals surface area contributed by atoms with E-state index < -0.39 is 0 Å². The number of furan rings is 1. The Morgan fingerprint density at radius 1 is 0.905 bits per heavy atom. The smallest absolute Gasteiger partial charge is 0.284 e. The molecule has 0 aliphatic rings. The monoisotopic (exact) mass is 277 g/mol. The molecule has 0 saturated heterocycles. The Labute approximate surface area is 120 Å². The van der Waals surface area contributed by atoms with Crippen LogP contribution in [0.3, 0.4) is 0 Å². The zero-order valence-corrected chi connectivity index (χ0v) is 11.3. The van der Waals surface area contributed by atoms with Crippen LogP contribution < -0.4 is 0 Å². The molecule has 5 heteroatoms. The molecule has 0 aliphatic heterocycles. The number of aromatic nitrogens is 3. The number of fused-ring (bicyclic) bond motifs is 1. The molecule has 4 aromatic rings. The van der Waals surface area contributed by atoms with Crippen molar-refractivity contribution < 1.29 is 8.83 Å². The zero-order valence-electron chi connectivity index (χ0n) is 11.3. The van der Waals surface area contributed by atoms with Crippen LogP contribution in [0.5, 0.6) is 0 Å². The van der Waals surface area contributed by atoms with Crippen LogP contribution in [-0.2, 0) is 0 Å². The van der Waals surface area contributed by atoms with Gasteiger partial charge in [0.2, 0.25) is 5.89 Å². The van der Waals surface area contributed by atoms with Crippen LogP contribution in [0.4, 0.5) is 0 Å². The average molecular weight is 277 g/mol. The molecule has 0 N–H and O–H groups in total. The van der Waals surface area contributed by atoms with Gasteiger partial charge in [-0.1, -0.05) is 18.2 Å². The van der Waals surface area contributed by atoms with Gasteiger partial charge in [-0.3, -0.25) is 4.98 Å². The zero-order chi connectivity index (χ0) is 14.2. The lowest BCUT2D eigenvalue weighted by molar-refractivity contribution is 0.540. The Bertz CT molecular complexity index is 910. The second-order valence-corrected chi connectivity index (χ2v) is 4.71. The van der Waals surface area contributed by atoms with Gasteiger partial charge in [0.1, 0.15) is 5.58 Å². The van der Waals surface area contributed by atoms with Crippen LogP contribution >= 0.6 is 0 Å². The number of pyridine rings is 1. The SMILES string of the molecule is Cc1c(-c2nnc(-c3cccnc3)o2)oc2ccccc12. The number of para-hydroxylation sites is 1. The third kappa shape index (κ3) is 1.90. The molecule has 0 amide bonds. The summed E-state index contributed by atoms with van der Waals surface area (Å²) >= 11 is 0. The molecule has 4 rings (SSSR count). The molecule has 0 bridgehead atoms. The highest BCUT2D eigenvalue weighted by molar-refractivity contribution is 5.86. The summed E-state index contributed by atoms with van der Waals surface area (Å²) in [7, 11) is 0. The number of nitrogens with zero attached hydrogens (tertiary/aromatic N) is 3. The largest absolute Gasteiger partial charge is 0.451 e. The van der Waals surface area contributed by atoms with Gasteiger partial charge < -0.3 is 8.83 Å². The van der Waals surface area contributed by atoms with Gasteiger partial charge in [0, 0.05) is 23.3 Å². The molecule has 1 aromatic carbocycles. The fourth-order valence-electron chi connectivity index (χ4n) is 2.30. The maximum atomic E-state index is 5.82. The van der Waals surface area contributed by atoms with Gasteiger partial charge in [0.15, 0.2) is 5.76 Å². The van der Waals surface area contributed by atoms with Crippen LogP contribution in [0, 0.1) is 6.92 Å². The lowest BCUT2D eigenvalue weighted by atomic mass is 10.1. The lowest BCUT2D eigenvalue weighted by Gasteiger charge is -1.92. The molecule has 0 saturated carbocycles. The molecule has 21 heavy (non-hydrogen) atoms. The minimum Gasteiger partial charge on any atom is -0.451 e. The highest BCUT2D eigenvalue weighted by Crippen LogP contribution is 2.33. The third-order valence-corrected chi connectivity index (χ3v) is 3.37. The van der Waals surface area contributed by atoms with Crippen LogP contribution in [0.2, 0.25) is 0 Å². The molecular formula is C16H11N3O2. The molecule has 3 heterocycles. The van der Waals surface area contributed by atoms with Crippen LogP contribution in [0.25, 0.3) is 34.1 Å². The van der Waals surface area contributed by atoms with Crippen LogP contribution in [-0.4, -0.2) is 15.2 Å². The van der Waals surface area contributed by atoms with E-state index in [9.17, 15) is 0 Å². The first-order chi connectivity index (χ1) is 10.3. The van der Waals surface area contributed by atoms with E-state index in [1.54, 1.807) is 12.4 Å². The van der Waals surface area contributed by atoms with Crippen molar-refractivity contribution >= 4 is 11.0 Å². The molecule has 0 radical (unpaired) electrons. The summed E-state index contributed by atoms with van der Waals surface area (Å²) in [5.74, 6) is 1.42. The maximum Gasteiger partial charge on any atom is 0.284 e. The third-order valence-electron chi connectivity index (χ3n) is 3.37. The molecule has 0 atom stereocenters. The number of hydrogen-bond acceptors (Lipinski definition) is 5. The Balaban J connectivity index is 1.83. The molecule has 3 aromatic heterocycles. The summed E-state index contributed by atoms with van der Waals surface area (Å²) in [6, 6.07) is 11.5. The lowest BCUT2D eigenvalue weighted by Crippen LogP contribution is -1.78. The summed E-state index contributed by atoms with van der Waals surface area (Å²) in [4.78, 5) is 4.04. The molecule has 0 unspecified atom stereocenters. The van der Waals surface area contributed by atoms with Crippen molar-refractivity contribution in [2.45, 2.75) is 6.92 Å².